The monoisotopic (exact) mass is 510 g/mol. The van der Waals surface area contributed by atoms with Gasteiger partial charge in [-0.25, -0.2) is 17.2 Å². The van der Waals surface area contributed by atoms with E-state index in [1.165, 1.54) is 0 Å². The van der Waals surface area contributed by atoms with Crippen molar-refractivity contribution in [3.8, 4) is 0 Å². The normalized spacial score (nSPS) is 15.3. The molecular weight excluding hydrogens is 501 g/mol. The maximum Gasteiger partial charge on any atom is 1.00 e. The Hall–Kier alpha value is -0.0700. The van der Waals surface area contributed by atoms with Crippen LogP contribution in [-0.4, -0.2) is 54.8 Å². The van der Waals surface area contributed by atoms with Crippen molar-refractivity contribution < 1.29 is 104 Å². The molecule has 0 spiro atoms. The molecule has 19 heteroatoms. The summed E-state index contributed by atoms with van der Waals surface area (Å²) in [6, 6.07) is 0. The first-order chi connectivity index (χ1) is 12.3. The van der Waals surface area contributed by atoms with Gasteiger partial charge in [0.25, 0.3) is 11.3 Å². The molecule has 0 atom stereocenters. The zero-order valence-electron chi connectivity index (χ0n) is 14.3. The molecule has 0 aromatic heterocycles. The summed E-state index contributed by atoms with van der Waals surface area (Å²) in [6.45, 7) is 0. The average Bonchev–Trinajstić information content (AvgIpc) is 2.38. The molecule has 30 heavy (non-hydrogen) atoms. The van der Waals surface area contributed by atoms with Crippen molar-refractivity contribution in [2.75, 3.05) is 5.75 Å². The summed E-state index contributed by atoms with van der Waals surface area (Å²) >= 11 is 0. The number of halogens is 14. The van der Waals surface area contributed by atoms with Crippen LogP contribution in [0.1, 0.15) is 19.3 Å². The Balaban J connectivity index is 0. The molecule has 0 rings (SSSR count). The van der Waals surface area contributed by atoms with Gasteiger partial charge in [-0.15, -0.1) is 0 Å². The molecule has 0 amide bonds. The zero-order chi connectivity index (χ0) is 23.9. The molecule has 0 aromatic rings. The van der Waals surface area contributed by atoms with E-state index in [-0.39, 0.29) is 29.6 Å². The van der Waals surface area contributed by atoms with Gasteiger partial charge in [0.1, 0.15) is 0 Å². The fraction of sp³-hybridized carbons (Fsp3) is 1.00. The molecule has 0 radical (unpaired) electrons. The predicted molar refractivity (Wildman–Crippen MR) is 63.8 cm³/mol. The number of hydrogen-bond acceptors (Lipinski definition) is 3. The van der Waals surface area contributed by atoms with Crippen LogP contribution in [0.4, 0.5) is 61.5 Å². The van der Waals surface area contributed by atoms with E-state index >= 15 is 0 Å². The third-order valence-corrected chi connectivity index (χ3v) is 4.45. The van der Waals surface area contributed by atoms with Crippen molar-refractivity contribution >= 4 is 10.1 Å². The summed E-state index contributed by atoms with van der Waals surface area (Å²) in [6.07, 6.45) is -36.2. The second-order valence-electron chi connectivity index (χ2n) is 5.92. The summed E-state index contributed by atoms with van der Waals surface area (Å²) in [7, 11) is -5.59. The topological polar surface area (TPSA) is 57.2 Å². The Morgan fingerprint density at radius 3 is 1.00 bits per heavy atom. The van der Waals surface area contributed by atoms with Crippen LogP contribution in [0, 0.1) is 5.92 Å². The zero-order valence-corrected chi connectivity index (χ0v) is 17.1. The SMILES string of the molecule is O=S(=O)([O-])CCC(CC(F)(C(F)(F)F)C(F)(F)F)CC(F)(C(F)(F)F)C(F)(F)F.[Na+]. The Kier molecular flexibility index (Phi) is 10.1. The van der Waals surface area contributed by atoms with Gasteiger partial charge in [0.05, 0.1) is 10.1 Å². The molecule has 0 bridgehead atoms. The summed E-state index contributed by atoms with van der Waals surface area (Å²) in [4.78, 5) is 0. The Bertz CT molecular complexity index is 595. The molecule has 0 aliphatic heterocycles. The minimum atomic E-state index is -6.92. The van der Waals surface area contributed by atoms with Gasteiger partial charge >= 0.3 is 54.3 Å². The number of hydrogen-bond donors (Lipinski definition) is 0. The van der Waals surface area contributed by atoms with Crippen LogP contribution in [0.25, 0.3) is 0 Å². The molecule has 3 nitrogen and oxygen atoms in total. The number of alkyl halides is 14. The van der Waals surface area contributed by atoms with E-state index in [1.807, 2.05) is 0 Å². The van der Waals surface area contributed by atoms with Crippen LogP contribution in [0.2, 0.25) is 0 Å². The van der Waals surface area contributed by atoms with Crippen molar-refractivity contribution in [3.05, 3.63) is 0 Å². The number of rotatable bonds is 7. The second kappa shape index (κ2) is 9.43. The first kappa shape index (κ1) is 32.1. The van der Waals surface area contributed by atoms with Gasteiger partial charge in [-0.3, -0.25) is 0 Å². The molecule has 0 heterocycles. The van der Waals surface area contributed by atoms with Gasteiger partial charge in [0, 0.05) is 18.6 Å². The van der Waals surface area contributed by atoms with E-state index in [4.69, 9.17) is 0 Å². The molecule has 0 saturated carbocycles. The largest absolute Gasteiger partial charge is 1.00 e. The molecular formula is C11H9F14NaO3S. The molecule has 0 unspecified atom stereocenters. The van der Waals surface area contributed by atoms with Crippen molar-refractivity contribution in [1.29, 1.82) is 0 Å². The van der Waals surface area contributed by atoms with E-state index in [1.54, 1.807) is 0 Å². The maximum absolute atomic E-state index is 13.7. The predicted octanol–water partition coefficient (Wildman–Crippen LogP) is 1.99. The van der Waals surface area contributed by atoms with Crippen LogP contribution in [0.3, 0.4) is 0 Å². The summed E-state index contributed by atoms with van der Waals surface area (Å²) in [5.41, 5.74) is -12.8. The maximum atomic E-state index is 13.7. The minimum Gasteiger partial charge on any atom is -0.748 e. The quantitative estimate of drug-likeness (QED) is 0.299. The molecule has 0 aliphatic rings. The van der Waals surface area contributed by atoms with E-state index in [2.05, 4.69) is 0 Å². The standard InChI is InChI=1S/C11H10F14O3S.Na/c12-6(8(14,15)16,9(17,18)19)3-5(1-2-29(26,27)28)4-7(13,10(20,21)22)11(23,24)25;/h5H,1-4H2,(H,26,27,28);/q;+1/p-1. The van der Waals surface area contributed by atoms with Gasteiger partial charge in [0.2, 0.25) is 0 Å². The van der Waals surface area contributed by atoms with E-state index in [0.29, 0.717) is 0 Å². The van der Waals surface area contributed by atoms with Gasteiger partial charge in [0.15, 0.2) is 0 Å². The minimum absolute atomic E-state index is 0. The van der Waals surface area contributed by atoms with Gasteiger partial charge < -0.3 is 4.55 Å². The van der Waals surface area contributed by atoms with E-state index in [0.717, 1.165) is 0 Å². The van der Waals surface area contributed by atoms with Crippen molar-refractivity contribution in [2.45, 2.75) is 55.3 Å². The molecule has 0 fully saturated rings. The fourth-order valence-electron chi connectivity index (χ4n) is 2.17. The molecule has 0 aliphatic carbocycles. The molecule has 0 aromatic carbocycles. The van der Waals surface area contributed by atoms with Crippen LogP contribution in [0.5, 0.6) is 0 Å². The average molecular weight is 510 g/mol. The fourth-order valence-corrected chi connectivity index (χ4v) is 2.79. The van der Waals surface area contributed by atoms with Crippen molar-refractivity contribution in [3.63, 3.8) is 0 Å². The van der Waals surface area contributed by atoms with Crippen molar-refractivity contribution in [1.82, 2.24) is 0 Å². The molecule has 0 saturated heterocycles. The smallest absolute Gasteiger partial charge is 0.748 e. The van der Waals surface area contributed by atoms with Crippen LogP contribution >= 0.6 is 0 Å². The van der Waals surface area contributed by atoms with Crippen LogP contribution in [-0.2, 0) is 10.1 Å². The Morgan fingerprint density at radius 1 is 0.600 bits per heavy atom. The summed E-state index contributed by atoms with van der Waals surface area (Å²) in [5, 5.41) is 0. The Labute approximate surface area is 181 Å². The van der Waals surface area contributed by atoms with Crippen LogP contribution < -0.4 is 29.6 Å². The first-order valence-corrected chi connectivity index (χ1v) is 8.44. The van der Waals surface area contributed by atoms with E-state index in [9.17, 15) is 74.4 Å². The summed E-state index contributed by atoms with van der Waals surface area (Å²) in [5.74, 6) is -5.53. The van der Waals surface area contributed by atoms with Crippen molar-refractivity contribution in [2.24, 2.45) is 5.92 Å². The van der Waals surface area contributed by atoms with E-state index < -0.39 is 77.1 Å². The Morgan fingerprint density at radius 2 is 0.833 bits per heavy atom. The first-order valence-electron chi connectivity index (χ1n) is 6.87. The molecule has 176 valence electrons. The third-order valence-electron chi connectivity index (χ3n) is 3.71. The van der Waals surface area contributed by atoms with Crippen LogP contribution in [0.15, 0.2) is 0 Å². The van der Waals surface area contributed by atoms with Gasteiger partial charge in [-0.05, 0) is 12.3 Å². The second-order valence-corrected chi connectivity index (χ2v) is 7.44. The van der Waals surface area contributed by atoms with Gasteiger partial charge in [-0.1, -0.05) is 0 Å². The third kappa shape index (κ3) is 7.51. The summed E-state index contributed by atoms with van der Waals surface area (Å²) < 4.78 is 209. The molecule has 0 N–H and O–H groups in total. The van der Waals surface area contributed by atoms with Gasteiger partial charge in [-0.2, -0.15) is 52.7 Å².